The lowest BCUT2D eigenvalue weighted by Crippen LogP contribution is -1.96. The van der Waals surface area contributed by atoms with Crippen LogP contribution < -0.4 is 4.74 Å². The zero-order valence-electron chi connectivity index (χ0n) is 13.1. The van der Waals surface area contributed by atoms with Gasteiger partial charge in [0.15, 0.2) is 0 Å². The summed E-state index contributed by atoms with van der Waals surface area (Å²) in [6.45, 7) is 0. The van der Waals surface area contributed by atoms with E-state index in [0.717, 1.165) is 21.9 Å². The van der Waals surface area contributed by atoms with Gasteiger partial charge in [0.1, 0.15) is 5.75 Å². The molecule has 0 aliphatic carbocycles. The van der Waals surface area contributed by atoms with E-state index in [1.807, 2.05) is 24.3 Å². The van der Waals surface area contributed by atoms with Gasteiger partial charge in [0.25, 0.3) is 5.69 Å². The monoisotopic (exact) mass is 369 g/mol. The van der Waals surface area contributed by atoms with Crippen molar-refractivity contribution >= 4 is 23.1 Å². The molecule has 0 saturated carbocycles. The van der Waals surface area contributed by atoms with Crippen molar-refractivity contribution in [3.8, 4) is 11.5 Å². The van der Waals surface area contributed by atoms with E-state index in [-0.39, 0.29) is 11.4 Å². The molecule has 9 heteroatoms. The second-order valence-corrected chi connectivity index (χ2v) is 6.17. The van der Waals surface area contributed by atoms with E-state index in [1.54, 1.807) is 24.5 Å². The Morgan fingerprint density at radius 2 is 1.50 bits per heavy atom. The van der Waals surface area contributed by atoms with E-state index in [4.69, 9.17) is 4.74 Å². The molecule has 0 fully saturated rings. The highest BCUT2D eigenvalue weighted by atomic mass is 32.2. The maximum absolute atomic E-state index is 11.1. The van der Waals surface area contributed by atoms with Gasteiger partial charge in [0, 0.05) is 28.3 Å². The molecule has 8 nitrogen and oxygen atoms in total. The third-order valence-corrected chi connectivity index (χ3v) is 4.30. The molecule has 2 aromatic carbocycles. The predicted molar refractivity (Wildman–Crippen MR) is 94.6 cm³/mol. The zero-order valence-corrected chi connectivity index (χ0v) is 14.0. The third-order valence-electron chi connectivity index (χ3n) is 3.29. The average Bonchev–Trinajstić information content (AvgIpc) is 2.64. The fourth-order valence-electron chi connectivity index (χ4n) is 2.09. The van der Waals surface area contributed by atoms with E-state index >= 15 is 0 Å². The minimum atomic E-state index is -0.712. The minimum absolute atomic E-state index is 0.0601. The maximum Gasteiger partial charge on any atom is 0.318 e. The number of nitrogens with zero attached hydrogens (tertiary/aromatic N) is 3. The van der Waals surface area contributed by atoms with E-state index in [2.05, 4.69) is 4.98 Å². The smallest absolute Gasteiger partial charge is 0.318 e. The lowest BCUT2D eigenvalue weighted by atomic mass is 10.2. The molecule has 1 heterocycles. The Morgan fingerprint density at radius 1 is 0.846 bits per heavy atom. The van der Waals surface area contributed by atoms with Gasteiger partial charge in [-0.05, 0) is 42.5 Å². The summed E-state index contributed by atoms with van der Waals surface area (Å²) in [6.07, 6.45) is 3.40. The van der Waals surface area contributed by atoms with Crippen LogP contribution in [-0.4, -0.2) is 14.8 Å². The number of rotatable bonds is 6. The van der Waals surface area contributed by atoms with Crippen LogP contribution in [0.25, 0.3) is 0 Å². The molecule has 0 N–H and O–H groups in total. The summed E-state index contributed by atoms with van der Waals surface area (Å²) >= 11 is 1.54. The Hall–Kier alpha value is -3.46. The molecule has 0 aliphatic heterocycles. The number of nitro benzene ring substituents is 2. The molecule has 130 valence electrons. The summed E-state index contributed by atoms with van der Waals surface area (Å²) in [5.74, 6) is 0.330. The number of pyridine rings is 1. The average molecular weight is 369 g/mol. The number of ether oxygens (including phenoxy) is 1. The van der Waals surface area contributed by atoms with Crippen LogP contribution in [0.5, 0.6) is 11.5 Å². The lowest BCUT2D eigenvalue weighted by Gasteiger charge is -2.07. The second-order valence-electron chi connectivity index (χ2n) is 5.02. The van der Waals surface area contributed by atoms with E-state index in [9.17, 15) is 20.2 Å². The molecule has 0 radical (unpaired) electrons. The van der Waals surface area contributed by atoms with Crippen LogP contribution in [-0.2, 0) is 0 Å². The first kappa shape index (κ1) is 17.4. The van der Waals surface area contributed by atoms with Crippen molar-refractivity contribution in [2.75, 3.05) is 0 Å². The quantitative estimate of drug-likeness (QED) is 0.451. The predicted octanol–water partition coefficient (Wildman–Crippen LogP) is 4.84. The van der Waals surface area contributed by atoms with Crippen molar-refractivity contribution < 1.29 is 14.6 Å². The van der Waals surface area contributed by atoms with Gasteiger partial charge in [-0.1, -0.05) is 11.8 Å². The van der Waals surface area contributed by atoms with Gasteiger partial charge in [-0.25, -0.2) is 0 Å². The van der Waals surface area contributed by atoms with Crippen LogP contribution in [0.15, 0.2) is 76.8 Å². The fraction of sp³-hybridized carbons (Fsp3) is 0. The van der Waals surface area contributed by atoms with Crippen molar-refractivity contribution in [2.45, 2.75) is 9.79 Å². The van der Waals surface area contributed by atoms with Crippen LogP contribution in [0.1, 0.15) is 0 Å². The standard InChI is InChI=1S/C17H11N3O5S/c21-19(22)12-1-6-17(16(11-12)20(23)24)25-13-2-4-14(5-3-13)26-15-7-9-18-10-8-15/h1-11H. The lowest BCUT2D eigenvalue weighted by molar-refractivity contribution is -0.394. The maximum atomic E-state index is 11.1. The molecule has 0 aliphatic rings. The number of aromatic nitrogens is 1. The van der Waals surface area contributed by atoms with Crippen LogP contribution >= 0.6 is 11.8 Å². The van der Waals surface area contributed by atoms with Crippen LogP contribution in [0.4, 0.5) is 11.4 Å². The normalized spacial score (nSPS) is 10.3. The molecule has 3 aromatic rings. The summed E-state index contributed by atoms with van der Waals surface area (Å²) in [5.41, 5.74) is -0.831. The van der Waals surface area contributed by atoms with Crippen LogP contribution in [0.2, 0.25) is 0 Å². The summed E-state index contributed by atoms with van der Waals surface area (Å²) in [4.78, 5) is 26.4. The second kappa shape index (κ2) is 7.62. The number of hydrogen-bond donors (Lipinski definition) is 0. The first-order valence-electron chi connectivity index (χ1n) is 7.31. The first-order valence-corrected chi connectivity index (χ1v) is 8.13. The van der Waals surface area contributed by atoms with E-state index < -0.39 is 15.5 Å². The first-order chi connectivity index (χ1) is 12.5. The largest absolute Gasteiger partial charge is 0.450 e. The molecule has 0 saturated heterocycles. The van der Waals surface area contributed by atoms with Gasteiger partial charge in [-0.15, -0.1) is 0 Å². The molecule has 26 heavy (non-hydrogen) atoms. The number of non-ortho nitro benzene ring substituents is 1. The van der Waals surface area contributed by atoms with Crippen molar-refractivity contribution in [3.63, 3.8) is 0 Å². The topological polar surface area (TPSA) is 108 Å². The molecule has 0 spiro atoms. The van der Waals surface area contributed by atoms with Crippen molar-refractivity contribution in [2.24, 2.45) is 0 Å². The summed E-state index contributed by atoms with van der Waals surface area (Å²) in [6, 6.07) is 14.0. The molecule has 0 amide bonds. The fourth-order valence-corrected chi connectivity index (χ4v) is 2.90. The molecule has 3 rings (SSSR count). The molecular weight excluding hydrogens is 358 g/mol. The van der Waals surface area contributed by atoms with Crippen molar-refractivity contribution in [1.82, 2.24) is 4.98 Å². The highest BCUT2D eigenvalue weighted by Crippen LogP contribution is 2.35. The van der Waals surface area contributed by atoms with E-state index in [1.165, 1.54) is 17.8 Å². The summed E-state index contributed by atoms with van der Waals surface area (Å²) in [5, 5.41) is 21.9. The number of benzene rings is 2. The van der Waals surface area contributed by atoms with Gasteiger partial charge in [-0.3, -0.25) is 25.2 Å². The Bertz CT molecular complexity index is 948. The molecule has 1 aromatic heterocycles. The Balaban J connectivity index is 1.79. The highest BCUT2D eigenvalue weighted by molar-refractivity contribution is 7.99. The van der Waals surface area contributed by atoms with Gasteiger partial charge in [0.05, 0.1) is 15.9 Å². The molecule has 0 atom stereocenters. The Morgan fingerprint density at radius 3 is 2.12 bits per heavy atom. The van der Waals surface area contributed by atoms with Gasteiger partial charge < -0.3 is 4.74 Å². The van der Waals surface area contributed by atoms with Crippen molar-refractivity contribution in [3.05, 3.63) is 87.2 Å². The van der Waals surface area contributed by atoms with Crippen LogP contribution in [0.3, 0.4) is 0 Å². The summed E-state index contributed by atoms with van der Waals surface area (Å²) in [7, 11) is 0. The Kier molecular flexibility index (Phi) is 5.09. The SMILES string of the molecule is O=[N+]([O-])c1ccc(Oc2ccc(Sc3ccncc3)cc2)c([N+](=O)[O-])c1. The highest BCUT2D eigenvalue weighted by Gasteiger charge is 2.21. The zero-order chi connectivity index (χ0) is 18.5. The van der Waals surface area contributed by atoms with Gasteiger partial charge >= 0.3 is 5.69 Å². The van der Waals surface area contributed by atoms with Crippen LogP contribution in [0, 0.1) is 20.2 Å². The van der Waals surface area contributed by atoms with E-state index in [0.29, 0.717) is 5.75 Å². The third kappa shape index (κ3) is 4.14. The Labute approximate surface area is 151 Å². The molecule has 0 bridgehead atoms. The molecule has 0 unspecified atom stereocenters. The minimum Gasteiger partial charge on any atom is -0.450 e. The number of hydrogen-bond acceptors (Lipinski definition) is 7. The summed E-state index contributed by atoms with van der Waals surface area (Å²) < 4.78 is 5.53. The number of nitro groups is 2. The van der Waals surface area contributed by atoms with Gasteiger partial charge in [0.2, 0.25) is 5.75 Å². The van der Waals surface area contributed by atoms with Crippen molar-refractivity contribution in [1.29, 1.82) is 0 Å². The molecular formula is C17H11N3O5S. The van der Waals surface area contributed by atoms with Gasteiger partial charge in [-0.2, -0.15) is 0 Å².